The molecule has 0 atom stereocenters. The summed E-state index contributed by atoms with van der Waals surface area (Å²) in [5.41, 5.74) is 6.51. The van der Waals surface area contributed by atoms with Crippen LogP contribution in [0.25, 0.3) is 16.7 Å². The molecule has 4 rings (SSSR count). The molecule has 0 saturated carbocycles. The molecule has 0 bridgehead atoms. The summed E-state index contributed by atoms with van der Waals surface area (Å²) in [6.07, 6.45) is 0. The minimum atomic E-state index is -0.0802. The van der Waals surface area contributed by atoms with Gasteiger partial charge >= 0.3 is 0 Å². The highest BCUT2D eigenvalue weighted by Gasteiger charge is 2.30. The Morgan fingerprint density at radius 1 is 0.778 bits per heavy atom. The number of allylic oxidation sites excluding steroid dienone is 1. The summed E-state index contributed by atoms with van der Waals surface area (Å²) < 4.78 is 0. The van der Waals surface area contributed by atoms with Crippen LogP contribution in [0.3, 0.4) is 0 Å². The molecule has 132 valence electrons. The Bertz CT molecular complexity index is 1030. The van der Waals surface area contributed by atoms with Gasteiger partial charge in [-0.25, -0.2) is 0 Å². The smallest absolute Gasteiger partial charge is 0.267 e. The zero-order valence-corrected chi connectivity index (χ0v) is 15.4. The maximum atomic E-state index is 13.0. The zero-order chi connectivity index (χ0) is 18.8. The average Bonchev–Trinajstić information content (AvgIpc) is 3.03. The predicted molar refractivity (Wildman–Crippen MR) is 112 cm³/mol. The Labute approximate surface area is 159 Å². The van der Waals surface area contributed by atoms with E-state index in [1.807, 2.05) is 62.4 Å². The molecule has 1 amide bonds. The summed E-state index contributed by atoms with van der Waals surface area (Å²) in [6, 6.07) is 28.1. The van der Waals surface area contributed by atoms with Crippen LogP contribution in [-0.2, 0) is 4.79 Å². The number of amides is 1. The van der Waals surface area contributed by atoms with Crippen molar-refractivity contribution in [2.24, 2.45) is 5.10 Å². The number of benzene rings is 3. The van der Waals surface area contributed by atoms with Crippen LogP contribution in [0.4, 0.5) is 5.69 Å². The first kappa shape index (κ1) is 17.0. The van der Waals surface area contributed by atoms with Crippen LogP contribution in [0.5, 0.6) is 0 Å². The number of nitrogens with zero attached hydrogens (tertiary/aromatic N) is 2. The van der Waals surface area contributed by atoms with E-state index in [1.54, 1.807) is 0 Å². The molecule has 0 fully saturated rings. The second-order valence-corrected chi connectivity index (χ2v) is 6.58. The molecule has 1 aliphatic heterocycles. The molecule has 0 aromatic heterocycles. The van der Waals surface area contributed by atoms with Gasteiger partial charge in [-0.05, 0) is 48.2 Å². The largest absolute Gasteiger partial charge is 0.280 e. The fourth-order valence-corrected chi connectivity index (χ4v) is 3.37. The Hall–Kier alpha value is -3.46. The Balaban J connectivity index is 1.67. The van der Waals surface area contributed by atoms with Crippen molar-refractivity contribution in [2.75, 3.05) is 5.01 Å². The van der Waals surface area contributed by atoms with E-state index in [9.17, 15) is 4.79 Å². The Morgan fingerprint density at radius 3 is 1.96 bits per heavy atom. The molecule has 0 N–H and O–H groups in total. The van der Waals surface area contributed by atoms with Crippen molar-refractivity contribution in [3.05, 3.63) is 96.1 Å². The lowest BCUT2D eigenvalue weighted by atomic mass is 9.96. The highest BCUT2D eigenvalue weighted by atomic mass is 16.2. The molecule has 3 nitrogen and oxygen atoms in total. The third-order valence-electron chi connectivity index (χ3n) is 4.82. The van der Waals surface area contributed by atoms with Crippen molar-refractivity contribution >= 4 is 22.9 Å². The van der Waals surface area contributed by atoms with Crippen LogP contribution in [-0.4, -0.2) is 11.6 Å². The van der Waals surface area contributed by atoms with E-state index < -0.39 is 0 Å². The number of carbonyl (C=O) groups is 1. The number of hydrazone groups is 1. The first-order valence-electron chi connectivity index (χ1n) is 8.97. The number of para-hydroxylation sites is 1. The lowest BCUT2D eigenvalue weighted by Gasteiger charge is -2.12. The van der Waals surface area contributed by atoms with Gasteiger partial charge in [0.25, 0.3) is 5.91 Å². The van der Waals surface area contributed by atoms with Gasteiger partial charge in [0.05, 0.1) is 17.0 Å². The standard InChI is InChI=1S/C24H20N2O/c1-17(19-13-15-21(16-14-19)20-9-5-3-6-10-20)23-18(2)25-26(24(23)27)22-11-7-4-8-12-22/h3-16H,1-2H3. The van der Waals surface area contributed by atoms with E-state index in [-0.39, 0.29) is 5.91 Å². The van der Waals surface area contributed by atoms with Gasteiger partial charge in [-0.15, -0.1) is 0 Å². The molecular formula is C24H20N2O. The molecule has 0 spiro atoms. The monoisotopic (exact) mass is 352 g/mol. The second kappa shape index (κ2) is 7.04. The third kappa shape index (κ3) is 3.20. The fourth-order valence-electron chi connectivity index (χ4n) is 3.37. The number of anilines is 1. The van der Waals surface area contributed by atoms with Gasteiger partial charge < -0.3 is 0 Å². The SMILES string of the molecule is CC1=NN(c2ccccc2)C(=O)C1=C(C)c1ccc(-c2ccccc2)cc1. The van der Waals surface area contributed by atoms with Crippen LogP contribution in [0.15, 0.2) is 95.6 Å². The zero-order valence-electron chi connectivity index (χ0n) is 15.4. The first-order chi connectivity index (χ1) is 13.1. The third-order valence-corrected chi connectivity index (χ3v) is 4.82. The Kier molecular flexibility index (Phi) is 4.43. The summed E-state index contributed by atoms with van der Waals surface area (Å²) in [5.74, 6) is -0.0802. The summed E-state index contributed by atoms with van der Waals surface area (Å²) in [7, 11) is 0. The van der Waals surface area contributed by atoms with Crippen molar-refractivity contribution in [3.63, 3.8) is 0 Å². The van der Waals surface area contributed by atoms with E-state index >= 15 is 0 Å². The van der Waals surface area contributed by atoms with Gasteiger partial charge in [0.15, 0.2) is 0 Å². The average molecular weight is 352 g/mol. The molecule has 0 unspecified atom stereocenters. The molecule has 1 heterocycles. The minimum absolute atomic E-state index is 0.0802. The maximum Gasteiger partial charge on any atom is 0.280 e. The van der Waals surface area contributed by atoms with Gasteiger partial charge in [-0.2, -0.15) is 10.1 Å². The summed E-state index contributed by atoms with van der Waals surface area (Å²) in [6.45, 7) is 3.87. The number of hydrogen-bond donors (Lipinski definition) is 0. The molecular weight excluding hydrogens is 332 g/mol. The van der Waals surface area contributed by atoms with E-state index in [0.717, 1.165) is 28.1 Å². The van der Waals surface area contributed by atoms with Crippen molar-refractivity contribution in [1.82, 2.24) is 0 Å². The van der Waals surface area contributed by atoms with Crippen LogP contribution >= 0.6 is 0 Å². The topological polar surface area (TPSA) is 32.7 Å². The van der Waals surface area contributed by atoms with Crippen LogP contribution < -0.4 is 5.01 Å². The second-order valence-electron chi connectivity index (χ2n) is 6.58. The fraction of sp³-hybridized carbons (Fsp3) is 0.0833. The van der Waals surface area contributed by atoms with Gasteiger partial charge in [-0.1, -0.05) is 72.8 Å². The molecule has 1 aliphatic rings. The minimum Gasteiger partial charge on any atom is -0.267 e. The molecule has 27 heavy (non-hydrogen) atoms. The van der Waals surface area contributed by atoms with Gasteiger partial charge in [-0.3, -0.25) is 4.79 Å². The van der Waals surface area contributed by atoms with Crippen molar-refractivity contribution < 1.29 is 4.79 Å². The van der Waals surface area contributed by atoms with Gasteiger partial charge in [0, 0.05) is 0 Å². The van der Waals surface area contributed by atoms with E-state index in [2.05, 4.69) is 41.5 Å². The highest BCUT2D eigenvalue weighted by molar-refractivity contribution is 6.33. The summed E-state index contributed by atoms with van der Waals surface area (Å²) in [5, 5.41) is 5.95. The predicted octanol–water partition coefficient (Wildman–Crippen LogP) is 5.55. The van der Waals surface area contributed by atoms with Crippen molar-refractivity contribution in [3.8, 4) is 11.1 Å². The van der Waals surface area contributed by atoms with Gasteiger partial charge in [0.1, 0.15) is 0 Å². The summed E-state index contributed by atoms with van der Waals surface area (Å²) >= 11 is 0. The number of hydrogen-bond acceptors (Lipinski definition) is 2. The van der Waals surface area contributed by atoms with Gasteiger partial charge in [0.2, 0.25) is 0 Å². The molecule has 0 saturated heterocycles. The first-order valence-corrected chi connectivity index (χ1v) is 8.97. The molecule has 3 aromatic carbocycles. The number of rotatable bonds is 3. The van der Waals surface area contributed by atoms with E-state index in [4.69, 9.17) is 0 Å². The lowest BCUT2D eigenvalue weighted by molar-refractivity contribution is -0.114. The summed E-state index contributed by atoms with van der Waals surface area (Å²) in [4.78, 5) is 13.0. The molecule has 0 aliphatic carbocycles. The highest BCUT2D eigenvalue weighted by Crippen LogP contribution is 2.30. The van der Waals surface area contributed by atoms with Crippen LogP contribution in [0.1, 0.15) is 19.4 Å². The normalized spacial score (nSPS) is 15.7. The molecule has 0 radical (unpaired) electrons. The van der Waals surface area contributed by atoms with Crippen LogP contribution in [0, 0.1) is 0 Å². The van der Waals surface area contributed by atoms with Crippen LogP contribution in [0.2, 0.25) is 0 Å². The van der Waals surface area contributed by atoms with E-state index in [0.29, 0.717) is 5.57 Å². The quantitative estimate of drug-likeness (QED) is 0.569. The molecule has 3 aromatic rings. The number of carbonyl (C=O) groups excluding carboxylic acids is 1. The van der Waals surface area contributed by atoms with Crippen molar-refractivity contribution in [2.45, 2.75) is 13.8 Å². The van der Waals surface area contributed by atoms with Crippen molar-refractivity contribution in [1.29, 1.82) is 0 Å². The molecule has 3 heteroatoms. The lowest BCUT2D eigenvalue weighted by Crippen LogP contribution is -2.21. The van der Waals surface area contributed by atoms with E-state index in [1.165, 1.54) is 10.6 Å². The Morgan fingerprint density at radius 2 is 1.33 bits per heavy atom. The maximum absolute atomic E-state index is 13.0.